The van der Waals surface area contributed by atoms with Crippen molar-refractivity contribution in [3.05, 3.63) is 47.0 Å². The summed E-state index contributed by atoms with van der Waals surface area (Å²) in [5, 5.41) is 0.424. The number of hydrogen-bond acceptors (Lipinski definition) is 5. The standard InChI is InChI=1S/C23H22ClNO5/c1-11(21(27)12-3-2-4-13(24)9-12)30-18(26)7-8-25-22(28)19-14-5-6-15(17-10-16(14)17)20(19)23(25)29/h2-6,9,11,14-17,19-20H,7-8,10H2,1H3/t11-,14+,15+,16+,17+,19-,20+/m0/s1. The second-order valence-electron chi connectivity index (χ2n) is 8.74. The molecule has 2 saturated carbocycles. The number of benzene rings is 1. The van der Waals surface area contributed by atoms with Gasteiger partial charge in [0.2, 0.25) is 17.6 Å². The topological polar surface area (TPSA) is 80.8 Å². The summed E-state index contributed by atoms with van der Waals surface area (Å²) in [6.45, 7) is 1.49. The maximum absolute atomic E-state index is 12.9. The number of carbonyl (C=O) groups is 4. The fourth-order valence-electron chi connectivity index (χ4n) is 5.63. The molecule has 7 heteroatoms. The highest BCUT2D eigenvalue weighted by Crippen LogP contribution is 2.65. The lowest BCUT2D eigenvalue weighted by atomic mass is 9.63. The SMILES string of the molecule is C[C@H](OC(=O)CCN1C(=O)[C@@H]2[C@@H]3C=C[C@H]([C@H]4C[C@H]34)[C@@H]2C1=O)C(=O)c1cccc(Cl)c1. The van der Waals surface area contributed by atoms with Gasteiger partial charge >= 0.3 is 5.97 Å². The van der Waals surface area contributed by atoms with E-state index in [0.717, 1.165) is 6.42 Å². The normalized spacial score (nSPS) is 33.9. The molecule has 2 bridgehead atoms. The quantitative estimate of drug-likeness (QED) is 0.302. The molecule has 7 atom stereocenters. The molecular weight excluding hydrogens is 406 g/mol. The molecule has 2 amide bonds. The van der Waals surface area contributed by atoms with E-state index in [-0.39, 0.29) is 54.2 Å². The van der Waals surface area contributed by atoms with Crippen molar-refractivity contribution in [2.45, 2.75) is 25.9 Å². The summed E-state index contributed by atoms with van der Waals surface area (Å²) in [5.74, 6) is -0.420. The zero-order valence-electron chi connectivity index (χ0n) is 16.5. The van der Waals surface area contributed by atoms with Gasteiger partial charge in [0, 0.05) is 17.1 Å². The van der Waals surface area contributed by atoms with E-state index in [1.807, 2.05) is 0 Å². The molecule has 1 aromatic rings. The molecule has 1 saturated heterocycles. The first-order chi connectivity index (χ1) is 14.4. The molecule has 30 heavy (non-hydrogen) atoms. The van der Waals surface area contributed by atoms with Gasteiger partial charge in [-0.15, -0.1) is 0 Å². The Labute approximate surface area is 179 Å². The Bertz CT molecular complexity index is 952. The molecule has 0 N–H and O–H groups in total. The third-order valence-electron chi connectivity index (χ3n) is 7.08. The van der Waals surface area contributed by atoms with Crippen molar-refractivity contribution in [3.8, 4) is 0 Å². The molecule has 0 radical (unpaired) electrons. The van der Waals surface area contributed by atoms with E-state index < -0.39 is 12.1 Å². The summed E-state index contributed by atoms with van der Waals surface area (Å²) in [6, 6.07) is 6.43. The van der Waals surface area contributed by atoms with Gasteiger partial charge in [-0.2, -0.15) is 0 Å². The number of likely N-dealkylation sites (tertiary alicyclic amines) is 1. The predicted molar refractivity (Wildman–Crippen MR) is 107 cm³/mol. The van der Waals surface area contributed by atoms with Crippen LogP contribution < -0.4 is 0 Å². The van der Waals surface area contributed by atoms with Crippen LogP contribution in [0, 0.1) is 35.5 Å². The average Bonchev–Trinajstić information content (AvgIpc) is 3.51. The molecule has 3 fully saturated rings. The number of amides is 2. The maximum atomic E-state index is 12.9. The van der Waals surface area contributed by atoms with E-state index >= 15 is 0 Å². The third kappa shape index (κ3) is 3.00. The first kappa shape index (κ1) is 19.5. The zero-order valence-corrected chi connectivity index (χ0v) is 17.2. The van der Waals surface area contributed by atoms with Gasteiger partial charge in [-0.25, -0.2) is 0 Å². The van der Waals surface area contributed by atoms with E-state index in [1.54, 1.807) is 18.2 Å². The molecule has 1 heterocycles. The minimum Gasteiger partial charge on any atom is -0.454 e. The van der Waals surface area contributed by atoms with Gasteiger partial charge in [-0.1, -0.05) is 35.9 Å². The number of ether oxygens (including phenoxy) is 1. The summed E-state index contributed by atoms with van der Waals surface area (Å²) in [6.07, 6.45) is 4.24. The summed E-state index contributed by atoms with van der Waals surface area (Å²) in [5.41, 5.74) is 0.360. The molecule has 1 aromatic carbocycles. The Balaban J connectivity index is 1.19. The van der Waals surface area contributed by atoms with Crippen molar-refractivity contribution in [3.63, 3.8) is 0 Å². The number of esters is 1. The van der Waals surface area contributed by atoms with Crippen molar-refractivity contribution in [2.75, 3.05) is 6.54 Å². The molecule has 0 unspecified atom stereocenters. The van der Waals surface area contributed by atoms with Crippen LogP contribution >= 0.6 is 11.6 Å². The molecule has 6 nitrogen and oxygen atoms in total. The Morgan fingerprint density at radius 2 is 1.77 bits per heavy atom. The maximum Gasteiger partial charge on any atom is 0.308 e. The lowest BCUT2D eigenvalue weighted by Crippen LogP contribution is -2.40. The van der Waals surface area contributed by atoms with Crippen LogP contribution in [-0.2, 0) is 19.1 Å². The van der Waals surface area contributed by atoms with Gasteiger partial charge in [0.1, 0.15) is 0 Å². The lowest BCUT2D eigenvalue weighted by Gasteiger charge is -2.37. The molecule has 5 aliphatic rings. The Kier molecular flexibility index (Phi) is 4.58. The molecule has 6 rings (SSSR count). The number of hydrogen-bond donors (Lipinski definition) is 0. The van der Waals surface area contributed by atoms with Crippen LogP contribution in [0.5, 0.6) is 0 Å². The summed E-state index contributed by atoms with van der Waals surface area (Å²) in [7, 11) is 0. The van der Waals surface area contributed by atoms with Crippen molar-refractivity contribution < 1.29 is 23.9 Å². The van der Waals surface area contributed by atoms with E-state index in [0.29, 0.717) is 22.4 Å². The summed E-state index contributed by atoms with van der Waals surface area (Å²) in [4.78, 5) is 51.8. The third-order valence-corrected chi connectivity index (χ3v) is 7.32. The monoisotopic (exact) mass is 427 g/mol. The highest BCUT2D eigenvalue weighted by atomic mass is 35.5. The number of carbonyl (C=O) groups excluding carboxylic acids is 4. The van der Waals surface area contributed by atoms with E-state index in [2.05, 4.69) is 12.2 Å². The van der Waals surface area contributed by atoms with Gasteiger partial charge in [0.15, 0.2) is 6.10 Å². The average molecular weight is 428 g/mol. The number of allylic oxidation sites excluding steroid dienone is 2. The highest BCUT2D eigenvalue weighted by molar-refractivity contribution is 6.31. The van der Waals surface area contributed by atoms with Crippen molar-refractivity contribution in [2.24, 2.45) is 35.5 Å². The first-order valence-electron chi connectivity index (χ1n) is 10.4. The number of nitrogens with zero attached hydrogens (tertiary/aromatic N) is 1. The fourth-order valence-corrected chi connectivity index (χ4v) is 5.82. The minimum absolute atomic E-state index is 0.00362. The molecule has 1 aliphatic heterocycles. The Hall–Kier alpha value is -2.47. The van der Waals surface area contributed by atoms with Crippen LogP contribution in [0.15, 0.2) is 36.4 Å². The molecule has 4 aliphatic carbocycles. The lowest BCUT2D eigenvalue weighted by molar-refractivity contribution is -0.148. The van der Waals surface area contributed by atoms with Crippen molar-refractivity contribution in [1.29, 1.82) is 0 Å². The zero-order chi connectivity index (χ0) is 21.2. The summed E-state index contributed by atoms with van der Waals surface area (Å²) >= 11 is 5.90. The smallest absolute Gasteiger partial charge is 0.308 e. The Morgan fingerprint density at radius 3 is 2.37 bits per heavy atom. The van der Waals surface area contributed by atoms with E-state index in [4.69, 9.17) is 16.3 Å². The number of ketones is 1. The second kappa shape index (κ2) is 7.05. The van der Waals surface area contributed by atoms with E-state index in [9.17, 15) is 19.2 Å². The largest absolute Gasteiger partial charge is 0.454 e. The molecule has 0 aromatic heterocycles. The first-order valence-corrected chi connectivity index (χ1v) is 10.8. The van der Waals surface area contributed by atoms with Crippen LogP contribution in [0.25, 0.3) is 0 Å². The van der Waals surface area contributed by atoms with Crippen LogP contribution in [-0.4, -0.2) is 41.1 Å². The van der Waals surface area contributed by atoms with Gasteiger partial charge in [-0.3, -0.25) is 24.1 Å². The van der Waals surface area contributed by atoms with Crippen molar-refractivity contribution >= 4 is 35.2 Å². The van der Waals surface area contributed by atoms with Crippen LogP contribution in [0.4, 0.5) is 0 Å². The van der Waals surface area contributed by atoms with Gasteiger partial charge in [-0.05, 0) is 49.1 Å². The van der Waals surface area contributed by atoms with Crippen LogP contribution in [0.2, 0.25) is 5.02 Å². The molecule has 156 valence electrons. The van der Waals surface area contributed by atoms with Crippen molar-refractivity contribution in [1.82, 2.24) is 4.90 Å². The van der Waals surface area contributed by atoms with Crippen LogP contribution in [0.3, 0.4) is 0 Å². The van der Waals surface area contributed by atoms with Gasteiger partial charge < -0.3 is 4.74 Å². The molecule has 0 spiro atoms. The summed E-state index contributed by atoms with van der Waals surface area (Å²) < 4.78 is 5.24. The van der Waals surface area contributed by atoms with Crippen LogP contribution in [0.1, 0.15) is 30.1 Å². The van der Waals surface area contributed by atoms with Gasteiger partial charge in [0.05, 0.1) is 18.3 Å². The fraction of sp³-hybridized carbons (Fsp3) is 0.478. The second-order valence-corrected chi connectivity index (χ2v) is 9.18. The minimum atomic E-state index is -0.976. The molecular formula is C23H22ClNO5. The number of halogens is 1. The van der Waals surface area contributed by atoms with Gasteiger partial charge in [0.25, 0.3) is 0 Å². The number of Topliss-reactive ketones (excluding diaryl/α,β-unsaturated/α-hetero) is 1. The predicted octanol–water partition coefficient (Wildman–Crippen LogP) is 2.90. The number of rotatable bonds is 6. The highest BCUT2D eigenvalue weighted by Gasteiger charge is 2.66. The number of imide groups is 1. The van der Waals surface area contributed by atoms with E-state index in [1.165, 1.54) is 17.9 Å². The Morgan fingerprint density at radius 1 is 1.13 bits per heavy atom.